The summed E-state index contributed by atoms with van der Waals surface area (Å²) in [6.07, 6.45) is 0. The predicted octanol–water partition coefficient (Wildman–Crippen LogP) is 3.40. The van der Waals surface area contributed by atoms with E-state index in [1.54, 1.807) is 12.1 Å². The number of benzene rings is 2. The molecule has 0 amide bonds. The lowest BCUT2D eigenvalue weighted by Crippen LogP contribution is -2.47. The van der Waals surface area contributed by atoms with Gasteiger partial charge in [-0.3, -0.25) is 14.0 Å². The molecule has 2 aromatic rings. The van der Waals surface area contributed by atoms with Crippen molar-refractivity contribution in [3.05, 3.63) is 64.9 Å². The highest BCUT2D eigenvalue weighted by Gasteiger charge is 2.19. The van der Waals surface area contributed by atoms with Gasteiger partial charge in [-0.15, -0.1) is 0 Å². The fraction of sp³-hybridized carbons (Fsp3) is 0.368. The van der Waals surface area contributed by atoms with Crippen molar-refractivity contribution in [1.29, 1.82) is 0 Å². The molecular weight excluding hydrogens is 359 g/mol. The number of hydrogen-bond donors (Lipinski definition) is 0. The van der Waals surface area contributed by atoms with Crippen LogP contribution in [0.2, 0.25) is 5.02 Å². The lowest BCUT2D eigenvalue weighted by atomic mass is 10.2. The highest BCUT2D eigenvalue weighted by Crippen LogP contribution is 2.21. The van der Waals surface area contributed by atoms with Gasteiger partial charge >= 0.3 is 0 Å². The second-order valence-corrected chi connectivity index (χ2v) is 8.16. The Morgan fingerprint density at radius 1 is 0.960 bits per heavy atom. The molecule has 134 valence electrons. The van der Waals surface area contributed by atoms with Crippen molar-refractivity contribution in [3.63, 3.8) is 0 Å². The van der Waals surface area contributed by atoms with Crippen LogP contribution < -0.4 is 0 Å². The van der Waals surface area contributed by atoms with E-state index >= 15 is 0 Å². The Morgan fingerprint density at radius 3 is 2.32 bits per heavy atom. The average Bonchev–Trinajstić information content (AvgIpc) is 2.64. The summed E-state index contributed by atoms with van der Waals surface area (Å²) < 4.78 is 26.2. The molecule has 2 aromatic carbocycles. The van der Waals surface area contributed by atoms with Gasteiger partial charge < -0.3 is 0 Å². The fourth-order valence-corrected chi connectivity index (χ4v) is 4.32. The van der Waals surface area contributed by atoms with Crippen molar-refractivity contribution >= 4 is 22.4 Å². The maximum absolute atomic E-state index is 13.9. The summed E-state index contributed by atoms with van der Waals surface area (Å²) in [6.45, 7) is 4.88. The molecule has 0 bridgehead atoms. The summed E-state index contributed by atoms with van der Waals surface area (Å²) in [6, 6.07) is 14.4. The van der Waals surface area contributed by atoms with Crippen LogP contribution in [0.15, 0.2) is 53.4 Å². The maximum Gasteiger partial charge on any atom is 0.129 e. The molecule has 3 nitrogen and oxygen atoms in total. The number of piperazine rings is 1. The summed E-state index contributed by atoms with van der Waals surface area (Å²) in [5.74, 6) is 0.400. The van der Waals surface area contributed by atoms with Crippen LogP contribution in [0.3, 0.4) is 0 Å². The van der Waals surface area contributed by atoms with Crippen LogP contribution in [0.1, 0.15) is 5.56 Å². The number of hydrogen-bond acceptors (Lipinski definition) is 3. The second kappa shape index (κ2) is 8.90. The molecule has 1 fully saturated rings. The number of rotatable bonds is 6. The van der Waals surface area contributed by atoms with E-state index in [2.05, 4.69) is 9.80 Å². The third-order valence-electron chi connectivity index (χ3n) is 4.51. The molecule has 0 aliphatic carbocycles. The molecule has 3 rings (SSSR count). The Morgan fingerprint density at radius 2 is 1.64 bits per heavy atom. The van der Waals surface area contributed by atoms with Crippen molar-refractivity contribution in [2.75, 3.05) is 38.5 Å². The van der Waals surface area contributed by atoms with Crippen LogP contribution >= 0.6 is 11.6 Å². The number of halogens is 2. The van der Waals surface area contributed by atoms with Crippen molar-refractivity contribution in [1.82, 2.24) is 9.80 Å². The van der Waals surface area contributed by atoms with Crippen LogP contribution in [0, 0.1) is 5.82 Å². The van der Waals surface area contributed by atoms with Gasteiger partial charge in [0.15, 0.2) is 0 Å². The van der Waals surface area contributed by atoms with E-state index in [-0.39, 0.29) is 5.82 Å². The van der Waals surface area contributed by atoms with Gasteiger partial charge in [0, 0.05) is 60.5 Å². The van der Waals surface area contributed by atoms with E-state index in [9.17, 15) is 8.60 Å². The molecule has 1 aliphatic rings. The first kappa shape index (κ1) is 18.5. The van der Waals surface area contributed by atoms with Gasteiger partial charge in [0.25, 0.3) is 0 Å². The summed E-state index contributed by atoms with van der Waals surface area (Å²) in [7, 11) is -0.954. The molecule has 6 heteroatoms. The molecule has 25 heavy (non-hydrogen) atoms. The van der Waals surface area contributed by atoms with E-state index in [1.807, 2.05) is 30.3 Å². The smallest absolute Gasteiger partial charge is 0.129 e. The van der Waals surface area contributed by atoms with E-state index in [0.29, 0.717) is 22.9 Å². The van der Waals surface area contributed by atoms with Gasteiger partial charge in [0.05, 0.1) is 10.8 Å². The quantitative estimate of drug-likeness (QED) is 0.767. The van der Waals surface area contributed by atoms with Gasteiger partial charge in [-0.25, -0.2) is 4.39 Å². The fourth-order valence-electron chi connectivity index (χ4n) is 2.98. The Kier molecular flexibility index (Phi) is 6.59. The molecule has 0 unspecified atom stereocenters. The van der Waals surface area contributed by atoms with Crippen LogP contribution in [0.25, 0.3) is 0 Å². The van der Waals surface area contributed by atoms with Gasteiger partial charge in [-0.1, -0.05) is 35.9 Å². The summed E-state index contributed by atoms with van der Waals surface area (Å²) in [4.78, 5) is 5.42. The first-order chi connectivity index (χ1) is 12.1. The van der Waals surface area contributed by atoms with E-state index in [0.717, 1.165) is 37.6 Å². The van der Waals surface area contributed by atoms with E-state index < -0.39 is 10.8 Å². The first-order valence-electron chi connectivity index (χ1n) is 8.44. The lowest BCUT2D eigenvalue weighted by molar-refractivity contribution is 0.131. The molecule has 0 aromatic heterocycles. The zero-order valence-electron chi connectivity index (χ0n) is 14.0. The minimum atomic E-state index is -0.954. The number of nitrogens with zero attached hydrogens (tertiary/aromatic N) is 2. The SMILES string of the molecule is O=[S@@](CCN1CCN(Cc2c(F)cccc2Cl)CC1)c1ccccc1. The monoisotopic (exact) mass is 380 g/mol. The Bertz CT molecular complexity index is 700. The van der Waals surface area contributed by atoms with Gasteiger partial charge in [-0.05, 0) is 24.3 Å². The third kappa shape index (κ3) is 5.11. The molecule has 1 saturated heterocycles. The van der Waals surface area contributed by atoms with Crippen LogP contribution in [-0.4, -0.2) is 52.5 Å². The second-order valence-electron chi connectivity index (χ2n) is 6.18. The van der Waals surface area contributed by atoms with E-state index in [1.165, 1.54) is 6.07 Å². The van der Waals surface area contributed by atoms with Crippen LogP contribution in [0.5, 0.6) is 0 Å². The third-order valence-corrected chi connectivity index (χ3v) is 6.21. The Hall–Kier alpha value is -1.27. The van der Waals surface area contributed by atoms with Crippen molar-refractivity contribution in [3.8, 4) is 0 Å². The van der Waals surface area contributed by atoms with Gasteiger partial charge in [0.1, 0.15) is 5.82 Å². The standard InChI is InChI=1S/C19H22ClFN2OS/c20-18-7-4-8-19(21)17(18)15-23-11-9-22(10-12-23)13-14-25(24)16-5-2-1-3-6-16/h1-8H,9-15H2/t25-/m0/s1. The maximum atomic E-state index is 13.9. The molecule has 0 spiro atoms. The van der Waals surface area contributed by atoms with Crippen LogP contribution in [0.4, 0.5) is 4.39 Å². The Balaban J connectivity index is 1.45. The van der Waals surface area contributed by atoms with Crippen molar-refractivity contribution < 1.29 is 8.60 Å². The minimum Gasteiger partial charge on any atom is -0.300 e. The first-order valence-corrected chi connectivity index (χ1v) is 10.1. The molecule has 0 N–H and O–H groups in total. The normalized spacial score (nSPS) is 17.5. The van der Waals surface area contributed by atoms with Gasteiger partial charge in [-0.2, -0.15) is 0 Å². The topological polar surface area (TPSA) is 23.6 Å². The minimum absolute atomic E-state index is 0.242. The summed E-state index contributed by atoms with van der Waals surface area (Å²) in [5.41, 5.74) is 0.572. The summed E-state index contributed by atoms with van der Waals surface area (Å²) >= 11 is 6.11. The zero-order chi connectivity index (χ0) is 17.6. The predicted molar refractivity (Wildman–Crippen MR) is 101 cm³/mol. The van der Waals surface area contributed by atoms with Crippen molar-refractivity contribution in [2.24, 2.45) is 0 Å². The molecule has 1 aliphatic heterocycles. The van der Waals surface area contributed by atoms with Crippen molar-refractivity contribution in [2.45, 2.75) is 11.4 Å². The largest absolute Gasteiger partial charge is 0.300 e. The van der Waals surface area contributed by atoms with E-state index in [4.69, 9.17) is 11.6 Å². The highest BCUT2D eigenvalue weighted by atomic mass is 35.5. The average molecular weight is 381 g/mol. The molecular formula is C19H22ClFN2OS. The summed E-state index contributed by atoms with van der Waals surface area (Å²) in [5, 5.41) is 0.487. The molecule has 1 heterocycles. The molecule has 1 atom stereocenters. The molecule has 0 saturated carbocycles. The zero-order valence-corrected chi connectivity index (χ0v) is 15.6. The molecule has 0 radical (unpaired) electrons. The lowest BCUT2D eigenvalue weighted by Gasteiger charge is -2.34. The van der Waals surface area contributed by atoms with Crippen LogP contribution in [-0.2, 0) is 17.3 Å². The Labute approximate surface area is 155 Å². The van der Waals surface area contributed by atoms with Gasteiger partial charge in [0.2, 0.25) is 0 Å². The highest BCUT2D eigenvalue weighted by molar-refractivity contribution is 7.85.